The first-order chi connectivity index (χ1) is 15.3. The number of carbonyl (C=O) groups excluding carboxylic acids is 2. The van der Waals surface area contributed by atoms with Crippen molar-refractivity contribution >= 4 is 52.3 Å². The molecule has 7 nitrogen and oxygen atoms in total. The number of fused-ring (bicyclic) bond motifs is 1. The van der Waals surface area contributed by atoms with Gasteiger partial charge in [0.05, 0.1) is 31.9 Å². The summed E-state index contributed by atoms with van der Waals surface area (Å²) >= 11 is 18.9. The van der Waals surface area contributed by atoms with Crippen molar-refractivity contribution in [2.45, 2.75) is 18.8 Å². The number of carbonyl (C=O) groups is 2. The lowest BCUT2D eigenvalue weighted by Crippen LogP contribution is -2.56. The number of hydrogen-bond donors (Lipinski definition) is 3. The third-order valence-electron chi connectivity index (χ3n) is 5.31. The van der Waals surface area contributed by atoms with Crippen molar-refractivity contribution in [3.8, 4) is 11.1 Å². The molecule has 13 heteroatoms. The second-order valence-electron chi connectivity index (χ2n) is 7.26. The zero-order chi connectivity index (χ0) is 24.4. The first-order valence-corrected chi connectivity index (χ1v) is 10.3. The minimum Gasteiger partial charge on any atom is -0.370 e. The predicted octanol–water partition coefficient (Wildman–Crippen LogP) is 3.99. The van der Waals surface area contributed by atoms with Crippen LogP contribution in [0.3, 0.4) is 0 Å². The fourth-order valence-corrected chi connectivity index (χ4v) is 4.42. The van der Waals surface area contributed by atoms with Crippen molar-refractivity contribution in [2.24, 2.45) is 0 Å². The minimum atomic E-state index is -4.82. The van der Waals surface area contributed by atoms with E-state index < -0.39 is 36.3 Å². The minimum absolute atomic E-state index is 0.0454. The smallest absolute Gasteiger partial charge is 0.370 e. The molecule has 2 aromatic rings. The summed E-state index contributed by atoms with van der Waals surface area (Å²) in [6.45, 7) is 0. The van der Waals surface area contributed by atoms with Crippen LogP contribution >= 0.6 is 34.8 Å². The highest BCUT2D eigenvalue weighted by Crippen LogP contribution is 2.46. The van der Waals surface area contributed by atoms with Crippen LogP contribution in [0.4, 0.5) is 18.9 Å². The number of amides is 2. The van der Waals surface area contributed by atoms with Gasteiger partial charge in [-0.2, -0.15) is 13.2 Å². The summed E-state index contributed by atoms with van der Waals surface area (Å²) in [7, 11) is 0.991. The number of nitrogens with zero attached hydrogens (tertiary/aromatic N) is 2. The van der Waals surface area contributed by atoms with Crippen molar-refractivity contribution < 1.29 is 33.0 Å². The zero-order valence-electron chi connectivity index (χ0n) is 16.4. The van der Waals surface area contributed by atoms with Crippen molar-refractivity contribution in [3.05, 3.63) is 62.2 Å². The van der Waals surface area contributed by atoms with Gasteiger partial charge in [-0.25, -0.2) is 0 Å². The van der Waals surface area contributed by atoms with E-state index in [4.69, 9.17) is 34.8 Å². The first-order valence-electron chi connectivity index (χ1n) is 9.16. The van der Waals surface area contributed by atoms with Gasteiger partial charge in [0, 0.05) is 12.6 Å². The maximum Gasteiger partial charge on any atom is 0.431 e. The molecule has 0 saturated carbocycles. The number of aliphatic hydroxyl groups excluding tert-OH is 2. The van der Waals surface area contributed by atoms with E-state index in [9.17, 15) is 33.0 Å². The zero-order valence-corrected chi connectivity index (χ0v) is 18.7. The van der Waals surface area contributed by atoms with Gasteiger partial charge >= 0.3 is 6.18 Å². The Kier molecular flexibility index (Phi) is 5.78. The molecule has 2 aliphatic heterocycles. The van der Waals surface area contributed by atoms with Crippen LogP contribution in [0.2, 0.25) is 15.1 Å². The average molecular weight is 523 g/mol. The molecule has 2 aliphatic rings. The lowest BCUT2D eigenvalue weighted by Gasteiger charge is -2.44. The summed E-state index contributed by atoms with van der Waals surface area (Å²) < 4.78 is 39.7. The van der Waals surface area contributed by atoms with E-state index in [0.717, 1.165) is 11.9 Å². The monoisotopic (exact) mass is 521 g/mol. The second-order valence-corrected chi connectivity index (χ2v) is 8.39. The molecule has 174 valence electrons. The lowest BCUT2D eigenvalue weighted by atomic mass is 9.99. The van der Waals surface area contributed by atoms with Crippen LogP contribution in [0.5, 0.6) is 0 Å². The van der Waals surface area contributed by atoms with Gasteiger partial charge in [0.15, 0.2) is 6.23 Å². The number of rotatable bonds is 2. The molecule has 0 spiro atoms. The number of anilines is 1. The van der Waals surface area contributed by atoms with E-state index in [0.29, 0.717) is 16.5 Å². The summed E-state index contributed by atoms with van der Waals surface area (Å²) in [6, 6.07) is 5.59. The number of halogens is 6. The van der Waals surface area contributed by atoms with E-state index in [1.165, 1.54) is 24.3 Å². The van der Waals surface area contributed by atoms with Crippen LogP contribution in [0.1, 0.15) is 20.7 Å². The van der Waals surface area contributed by atoms with Crippen molar-refractivity contribution in [3.63, 3.8) is 0 Å². The molecule has 2 amide bonds. The second kappa shape index (κ2) is 8.07. The largest absolute Gasteiger partial charge is 0.431 e. The third-order valence-corrected chi connectivity index (χ3v) is 6.66. The predicted molar refractivity (Wildman–Crippen MR) is 115 cm³/mol. The van der Waals surface area contributed by atoms with Crippen LogP contribution in [0.15, 0.2) is 36.0 Å². The van der Waals surface area contributed by atoms with Crippen LogP contribution < -0.4 is 10.2 Å². The Labute approximate surface area is 199 Å². The van der Waals surface area contributed by atoms with E-state index in [1.54, 1.807) is 0 Å². The third kappa shape index (κ3) is 3.81. The van der Waals surface area contributed by atoms with Crippen LogP contribution in [-0.2, 0) is 0 Å². The molecule has 33 heavy (non-hydrogen) atoms. The molecule has 2 unspecified atom stereocenters. The maximum atomic E-state index is 13.2. The molecule has 0 aliphatic carbocycles. The highest BCUT2D eigenvalue weighted by Gasteiger charge is 2.45. The Morgan fingerprint density at radius 1 is 0.939 bits per heavy atom. The SMILES string of the molecule is CN1C(C(F)(F)F)=CC(O)N(c2cc(-c3ccc4c(c3)C(=O)NC4=O)c(Cl)c(Cl)c2Cl)C1O. The van der Waals surface area contributed by atoms with Gasteiger partial charge in [0.25, 0.3) is 11.8 Å². The molecule has 0 radical (unpaired) electrons. The summed E-state index contributed by atoms with van der Waals surface area (Å²) in [5.74, 6) is -1.17. The quantitative estimate of drug-likeness (QED) is 0.408. The topological polar surface area (TPSA) is 93.1 Å². The Bertz CT molecular complexity index is 1240. The molecule has 0 aromatic heterocycles. The number of imide groups is 1. The fraction of sp³-hybridized carbons (Fsp3) is 0.200. The van der Waals surface area contributed by atoms with Gasteiger partial charge in [-0.3, -0.25) is 19.8 Å². The number of hydrogen-bond acceptors (Lipinski definition) is 6. The van der Waals surface area contributed by atoms with Gasteiger partial charge in [-0.15, -0.1) is 0 Å². The fourth-order valence-electron chi connectivity index (χ4n) is 3.67. The van der Waals surface area contributed by atoms with Gasteiger partial charge in [0.2, 0.25) is 6.35 Å². The summed E-state index contributed by atoms with van der Waals surface area (Å²) in [5, 5.41) is 22.7. The van der Waals surface area contributed by atoms with E-state index >= 15 is 0 Å². The number of aliphatic hydroxyl groups is 2. The molecule has 2 atom stereocenters. The highest BCUT2D eigenvalue weighted by molar-refractivity contribution is 6.50. The Morgan fingerprint density at radius 3 is 2.21 bits per heavy atom. The molecule has 2 aromatic carbocycles. The van der Waals surface area contributed by atoms with E-state index in [2.05, 4.69) is 5.32 Å². The summed E-state index contributed by atoms with van der Waals surface area (Å²) in [4.78, 5) is 25.1. The van der Waals surface area contributed by atoms with Crippen molar-refractivity contribution in [1.29, 1.82) is 0 Å². The molecule has 2 heterocycles. The lowest BCUT2D eigenvalue weighted by molar-refractivity contribution is -0.133. The highest BCUT2D eigenvalue weighted by atomic mass is 35.5. The molecule has 0 fully saturated rings. The van der Waals surface area contributed by atoms with Crippen molar-refractivity contribution in [1.82, 2.24) is 10.2 Å². The molecular formula is C20H13Cl3F3N3O4. The molecule has 0 bridgehead atoms. The molecule has 0 saturated heterocycles. The van der Waals surface area contributed by atoms with E-state index in [1.807, 2.05) is 0 Å². The van der Waals surface area contributed by atoms with Crippen LogP contribution in [0, 0.1) is 0 Å². The standard InChI is InChI=1S/C20H13Cl3F3N3O4/c1-28-12(20(24,25)26)6-13(30)29(19(28)33)11-5-9(14(21)16(23)15(11)22)7-2-3-8-10(4-7)18(32)27-17(8)31/h2-6,13,19,30,33H,1H3,(H,27,31,32). The Morgan fingerprint density at radius 2 is 1.58 bits per heavy atom. The van der Waals surface area contributed by atoms with Crippen LogP contribution in [-0.4, -0.2) is 52.7 Å². The number of nitrogens with one attached hydrogen (secondary N) is 1. The average Bonchev–Trinajstić information content (AvgIpc) is 3.02. The molecule has 4 rings (SSSR count). The molecular weight excluding hydrogens is 510 g/mol. The normalized spacial score (nSPS) is 20.7. The van der Waals surface area contributed by atoms with E-state index in [-0.39, 0.29) is 37.4 Å². The Hall–Kier alpha value is -2.50. The summed E-state index contributed by atoms with van der Waals surface area (Å²) in [6.07, 6.45) is -8.19. The summed E-state index contributed by atoms with van der Waals surface area (Å²) in [5.41, 5.74) is -0.575. The van der Waals surface area contributed by atoms with Crippen LogP contribution in [0.25, 0.3) is 11.1 Å². The van der Waals surface area contributed by atoms with Gasteiger partial charge in [-0.1, -0.05) is 40.9 Å². The Balaban J connectivity index is 1.86. The number of allylic oxidation sites excluding steroid dienone is 1. The van der Waals surface area contributed by atoms with Gasteiger partial charge < -0.3 is 15.1 Å². The number of alkyl halides is 3. The van der Waals surface area contributed by atoms with Gasteiger partial charge in [-0.05, 0) is 29.8 Å². The number of benzene rings is 2. The van der Waals surface area contributed by atoms with Crippen molar-refractivity contribution in [2.75, 3.05) is 11.9 Å². The maximum absolute atomic E-state index is 13.2. The molecule has 3 N–H and O–H groups in total. The van der Waals surface area contributed by atoms with Gasteiger partial charge in [0.1, 0.15) is 5.70 Å². The first kappa shape index (κ1) is 23.7.